The van der Waals surface area contributed by atoms with Crippen molar-refractivity contribution in [2.45, 2.75) is 51.5 Å². The van der Waals surface area contributed by atoms with Crippen LogP contribution in [0.25, 0.3) is 0 Å². The fraction of sp³-hybridized carbons (Fsp3) is 0.684. The molecule has 1 N–H and O–H groups in total. The van der Waals surface area contributed by atoms with Gasteiger partial charge in [-0.1, -0.05) is 37.1 Å². The first-order valence-electron chi connectivity index (χ1n) is 8.75. The summed E-state index contributed by atoms with van der Waals surface area (Å²) in [6.07, 6.45) is 9.97. The van der Waals surface area contributed by atoms with Gasteiger partial charge in [-0.2, -0.15) is 0 Å². The smallest absolute Gasteiger partial charge is 0.0236 e. The quantitative estimate of drug-likeness (QED) is 0.889. The van der Waals surface area contributed by atoms with E-state index in [4.69, 9.17) is 0 Å². The number of likely N-dealkylation sites (tertiary alicyclic amines) is 1. The molecule has 0 atom stereocenters. The number of rotatable bonds is 5. The van der Waals surface area contributed by atoms with E-state index < -0.39 is 0 Å². The number of likely N-dealkylation sites (N-methyl/N-ethyl adjacent to an activating group) is 1. The maximum absolute atomic E-state index is 3.27. The third-order valence-corrected chi connectivity index (χ3v) is 5.74. The van der Waals surface area contributed by atoms with Gasteiger partial charge < -0.3 is 5.32 Å². The van der Waals surface area contributed by atoms with E-state index >= 15 is 0 Å². The number of hydrogen-bond donors (Lipinski definition) is 1. The second kappa shape index (κ2) is 6.93. The molecule has 21 heavy (non-hydrogen) atoms. The van der Waals surface area contributed by atoms with Crippen molar-refractivity contribution in [2.75, 3.05) is 26.7 Å². The Morgan fingerprint density at radius 2 is 1.67 bits per heavy atom. The molecule has 1 saturated carbocycles. The SMILES string of the molecule is CNCCc1ccccc1CN1CCC2(CCCC2)CC1. The van der Waals surface area contributed by atoms with E-state index in [1.165, 1.54) is 62.7 Å². The lowest BCUT2D eigenvalue weighted by Gasteiger charge is -2.39. The van der Waals surface area contributed by atoms with Crippen LogP contribution in [-0.4, -0.2) is 31.6 Å². The van der Waals surface area contributed by atoms with Gasteiger partial charge >= 0.3 is 0 Å². The molecular formula is C19H30N2. The van der Waals surface area contributed by atoms with E-state index in [2.05, 4.69) is 34.5 Å². The summed E-state index contributed by atoms with van der Waals surface area (Å²) in [6.45, 7) is 4.83. The molecule has 1 aromatic rings. The summed E-state index contributed by atoms with van der Waals surface area (Å²) >= 11 is 0. The zero-order valence-electron chi connectivity index (χ0n) is 13.5. The Morgan fingerprint density at radius 1 is 1.00 bits per heavy atom. The number of nitrogens with one attached hydrogen (secondary N) is 1. The van der Waals surface area contributed by atoms with E-state index in [0.717, 1.165) is 24.9 Å². The van der Waals surface area contributed by atoms with Gasteiger partial charge in [0.15, 0.2) is 0 Å². The van der Waals surface area contributed by atoms with E-state index in [0.29, 0.717) is 0 Å². The summed E-state index contributed by atoms with van der Waals surface area (Å²) in [6, 6.07) is 9.00. The molecule has 1 aliphatic carbocycles. The first kappa shape index (κ1) is 15.1. The van der Waals surface area contributed by atoms with Crippen LogP contribution in [0, 0.1) is 5.41 Å². The lowest BCUT2D eigenvalue weighted by atomic mass is 9.77. The third kappa shape index (κ3) is 3.67. The van der Waals surface area contributed by atoms with Crippen molar-refractivity contribution in [3.8, 4) is 0 Å². The number of piperidine rings is 1. The molecule has 1 aromatic carbocycles. The summed E-state index contributed by atoms with van der Waals surface area (Å²) in [5.74, 6) is 0. The standard InChI is InChI=1S/C19H30N2/c1-20-13-8-17-6-2-3-7-18(17)16-21-14-11-19(12-15-21)9-4-5-10-19/h2-3,6-7,20H,4-5,8-16H2,1H3. The van der Waals surface area contributed by atoms with Crippen molar-refractivity contribution in [2.24, 2.45) is 5.41 Å². The summed E-state index contributed by atoms with van der Waals surface area (Å²) < 4.78 is 0. The first-order chi connectivity index (χ1) is 10.3. The topological polar surface area (TPSA) is 15.3 Å². The normalized spacial score (nSPS) is 22.0. The molecule has 1 spiro atoms. The van der Waals surface area contributed by atoms with Crippen LogP contribution in [0.2, 0.25) is 0 Å². The van der Waals surface area contributed by atoms with Gasteiger partial charge in [-0.3, -0.25) is 4.90 Å². The van der Waals surface area contributed by atoms with Gasteiger partial charge in [0.1, 0.15) is 0 Å². The minimum absolute atomic E-state index is 0.738. The largest absolute Gasteiger partial charge is 0.319 e. The average Bonchev–Trinajstić information content (AvgIpc) is 2.97. The summed E-state index contributed by atoms with van der Waals surface area (Å²) in [5, 5.41) is 3.27. The second-order valence-electron chi connectivity index (χ2n) is 7.11. The number of nitrogens with zero attached hydrogens (tertiary/aromatic N) is 1. The highest BCUT2D eigenvalue weighted by molar-refractivity contribution is 5.27. The monoisotopic (exact) mass is 286 g/mol. The molecule has 3 rings (SSSR count). The summed E-state index contributed by atoms with van der Waals surface area (Å²) in [7, 11) is 2.04. The van der Waals surface area contributed by atoms with E-state index in [1.54, 1.807) is 0 Å². The van der Waals surface area contributed by atoms with Gasteiger partial charge in [-0.25, -0.2) is 0 Å². The number of hydrogen-bond acceptors (Lipinski definition) is 2. The highest BCUT2D eigenvalue weighted by Gasteiger charge is 2.36. The van der Waals surface area contributed by atoms with Crippen LogP contribution in [0.15, 0.2) is 24.3 Å². The Balaban J connectivity index is 1.57. The van der Waals surface area contributed by atoms with Gasteiger partial charge in [0, 0.05) is 6.54 Å². The Hall–Kier alpha value is -0.860. The van der Waals surface area contributed by atoms with Crippen LogP contribution in [0.1, 0.15) is 49.7 Å². The van der Waals surface area contributed by atoms with Crippen molar-refractivity contribution < 1.29 is 0 Å². The van der Waals surface area contributed by atoms with E-state index in [9.17, 15) is 0 Å². The van der Waals surface area contributed by atoms with Crippen LogP contribution in [0.5, 0.6) is 0 Å². The Labute approximate surface area is 129 Å². The van der Waals surface area contributed by atoms with Gasteiger partial charge in [-0.05, 0) is 75.3 Å². The predicted octanol–water partition coefficient (Wildman–Crippen LogP) is 3.60. The highest BCUT2D eigenvalue weighted by Crippen LogP contribution is 2.46. The average molecular weight is 286 g/mol. The van der Waals surface area contributed by atoms with Crippen LogP contribution in [-0.2, 0) is 13.0 Å². The first-order valence-corrected chi connectivity index (χ1v) is 8.75. The molecule has 1 saturated heterocycles. The Bertz CT molecular complexity index is 439. The van der Waals surface area contributed by atoms with Gasteiger partial charge in [0.05, 0.1) is 0 Å². The fourth-order valence-corrected chi connectivity index (χ4v) is 4.27. The predicted molar refractivity (Wildman–Crippen MR) is 89.5 cm³/mol. The zero-order chi connectivity index (χ0) is 14.5. The summed E-state index contributed by atoms with van der Waals surface area (Å²) in [4.78, 5) is 2.68. The Kier molecular flexibility index (Phi) is 4.97. The highest BCUT2D eigenvalue weighted by atomic mass is 15.1. The van der Waals surface area contributed by atoms with Crippen LogP contribution >= 0.6 is 0 Å². The van der Waals surface area contributed by atoms with Crippen molar-refractivity contribution in [3.05, 3.63) is 35.4 Å². The molecule has 1 aliphatic heterocycles. The molecule has 0 unspecified atom stereocenters. The molecule has 0 amide bonds. The molecule has 1 heterocycles. The molecule has 0 radical (unpaired) electrons. The molecule has 2 fully saturated rings. The Morgan fingerprint density at radius 3 is 2.33 bits per heavy atom. The van der Waals surface area contributed by atoms with Gasteiger partial charge in [0.2, 0.25) is 0 Å². The van der Waals surface area contributed by atoms with Gasteiger partial charge in [-0.15, -0.1) is 0 Å². The van der Waals surface area contributed by atoms with Crippen molar-refractivity contribution in [1.82, 2.24) is 10.2 Å². The van der Waals surface area contributed by atoms with E-state index in [1.807, 2.05) is 7.05 Å². The summed E-state index contributed by atoms with van der Waals surface area (Å²) in [5.41, 5.74) is 3.80. The van der Waals surface area contributed by atoms with Crippen LogP contribution in [0.3, 0.4) is 0 Å². The lowest BCUT2D eigenvalue weighted by molar-refractivity contribution is 0.103. The third-order valence-electron chi connectivity index (χ3n) is 5.74. The maximum Gasteiger partial charge on any atom is 0.0236 e. The fourth-order valence-electron chi connectivity index (χ4n) is 4.27. The molecule has 0 bridgehead atoms. The van der Waals surface area contributed by atoms with Gasteiger partial charge in [0.25, 0.3) is 0 Å². The molecule has 2 nitrogen and oxygen atoms in total. The zero-order valence-corrected chi connectivity index (χ0v) is 13.5. The molecule has 116 valence electrons. The maximum atomic E-state index is 3.27. The molecule has 0 aromatic heterocycles. The molecule has 2 heteroatoms. The number of benzene rings is 1. The second-order valence-corrected chi connectivity index (χ2v) is 7.11. The van der Waals surface area contributed by atoms with Crippen molar-refractivity contribution in [3.63, 3.8) is 0 Å². The van der Waals surface area contributed by atoms with Crippen molar-refractivity contribution in [1.29, 1.82) is 0 Å². The van der Waals surface area contributed by atoms with Crippen LogP contribution in [0.4, 0.5) is 0 Å². The van der Waals surface area contributed by atoms with E-state index in [-0.39, 0.29) is 0 Å². The minimum Gasteiger partial charge on any atom is -0.319 e. The lowest BCUT2D eigenvalue weighted by Crippen LogP contribution is -2.38. The molecular weight excluding hydrogens is 256 g/mol. The van der Waals surface area contributed by atoms with Crippen molar-refractivity contribution >= 4 is 0 Å². The molecule has 2 aliphatic rings. The van der Waals surface area contributed by atoms with Crippen LogP contribution < -0.4 is 5.32 Å². The minimum atomic E-state index is 0.738.